The summed E-state index contributed by atoms with van der Waals surface area (Å²) in [5.74, 6) is 0.429. The average Bonchev–Trinajstić information content (AvgIpc) is 2.72. The van der Waals surface area contributed by atoms with Gasteiger partial charge in [-0.25, -0.2) is 0 Å². The summed E-state index contributed by atoms with van der Waals surface area (Å²) < 4.78 is 1.87. The van der Waals surface area contributed by atoms with Gasteiger partial charge in [0.05, 0.1) is 5.69 Å². The number of anilines is 1. The van der Waals surface area contributed by atoms with Gasteiger partial charge in [0.25, 0.3) is 0 Å². The summed E-state index contributed by atoms with van der Waals surface area (Å²) in [7, 11) is 1.96. The number of hydrogen-bond acceptors (Lipinski definition) is 2. The van der Waals surface area contributed by atoms with Gasteiger partial charge in [-0.1, -0.05) is 31.5 Å². The van der Waals surface area contributed by atoms with Crippen LogP contribution in [0.5, 0.6) is 0 Å². The van der Waals surface area contributed by atoms with Gasteiger partial charge in [0.15, 0.2) is 0 Å². The summed E-state index contributed by atoms with van der Waals surface area (Å²) in [5, 5.41) is 8.71. The standard InChI is InChI=1S/C15H20ClN3/c1-10(2)15-12(9-19(4)18-15)8-17-14-7-13(16)6-5-11(14)3/h5-7,9-10,17H,8H2,1-4H3. The van der Waals surface area contributed by atoms with Crippen LogP contribution >= 0.6 is 11.6 Å². The van der Waals surface area contributed by atoms with Crippen molar-refractivity contribution in [2.45, 2.75) is 33.2 Å². The van der Waals surface area contributed by atoms with E-state index >= 15 is 0 Å². The van der Waals surface area contributed by atoms with Crippen LogP contribution in [0, 0.1) is 6.92 Å². The van der Waals surface area contributed by atoms with Crippen LogP contribution in [0.25, 0.3) is 0 Å². The topological polar surface area (TPSA) is 29.9 Å². The summed E-state index contributed by atoms with van der Waals surface area (Å²) in [6, 6.07) is 5.89. The molecule has 0 bridgehead atoms. The van der Waals surface area contributed by atoms with E-state index in [-0.39, 0.29) is 0 Å². The Kier molecular flexibility index (Phi) is 4.15. The SMILES string of the molecule is Cc1ccc(Cl)cc1NCc1cn(C)nc1C(C)C. The Morgan fingerprint density at radius 1 is 1.37 bits per heavy atom. The quantitative estimate of drug-likeness (QED) is 0.911. The van der Waals surface area contributed by atoms with Crippen molar-refractivity contribution >= 4 is 17.3 Å². The monoisotopic (exact) mass is 277 g/mol. The third kappa shape index (κ3) is 3.29. The van der Waals surface area contributed by atoms with E-state index in [0.29, 0.717) is 5.92 Å². The molecule has 2 rings (SSSR count). The summed E-state index contributed by atoms with van der Waals surface area (Å²) in [6.45, 7) is 7.17. The first-order valence-electron chi connectivity index (χ1n) is 6.50. The van der Waals surface area contributed by atoms with Crippen LogP contribution in [0.3, 0.4) is 0 Å². The van der Waals surface area contributed by atoms with Gasteiger partial charge in [-0.3, -0.25) is 4.68 Å². The van der Waals surface area contributed by atoms with Crippen LogP contribution in [0.2, 0.25) is 5.02 Å². The zero-order valence-corrected chi connectivity index (χ0v) is 12.6. The van der Waals surface area contributed by atoms with E-state index in [1.165, 1.54) is 11.1 Å². The molecule has 102 valence electrons. The van der Waals surface area contributed by atoms with E-state index in [1.807, 2.05) is 29.9 Å². The van der Waals surface area contributed by atoms with E-state index in [4.69, 9.17) is 11.6 Å². The third-order valence-electron chi connectivity index (χ3n) is 3.15. The van der Waals surface area contributed by atoms with Crippen LogP contribution < -0.4 is 5.32 Å². The minimum absolute atomic E-state index is 0.429. The van der Waals surface area contributed by atoms with Crippen molar-refractivity contribution in [3.8, 4) is 0 Å². The highest BCUT2D eigenvalue weighted by Gasteiger charge is 2.11. The van der Waals surface area contributed by atoms with Crippen molar-refractivity contribution in [2.75, 3.05) is 5.32 Å². The lowest BCUT2D eigenvalue weighted by Crippen LogP contribution is -2.03. The summed E-state index contributed by atoms with van der Waals surface area (Å²) >= 11 is 6.03. The Morgan fingerprint density at radius 2 is 2.11 bits per heavy atom. The molecule has 1 N–H and O–H groups in total. The van der Waals surface area contributed by atoms with Crippen molar-refractivity contribution in [1.82, 2.24) is 9.78 Å². The molecule has 0 aliphatic rings. The van der Waals surface area contributed by atoms with Crippen molar-refractivity contribution in [1.29, 1.82) is 0 Å². The number of aromatic nitrogens is 2. The molecule has 0 amide bonds. The molecule has 4 heteroatoms. The van der Waals surface area contributed by atoms with Gasteiger partial charge < -0.3 is 5.32 Å². The highest BCUT2D eigenvalue weighted by molar-refractivity contribution is 6.30. The lowest BCUT2D eigenvalue weighted by atomic mass is 10.1. The minimum atomic E-state index is 0.429. The molecule has 0 saturated heterocycles. The molecule has 0 fully saturated rings. The number of hydrogen-bond donors (Lipinski definition) is 1. The molecule has 0 aliphatic carbocycles. The van der Waals surface area contributed by atoms with Gasteiger partial charge >= 0.3 is 0 Å². The highest BCUT2D eigenvalue weighted by atomic mass is 35.5. The molecule has 1 aromatic heterocycles. The van der Waals surface area contributed by atoms with E-state index in [2.05, 4.69) is 37.4 Å². The molecule has 0 unspecified atom stereocenters. The Hall–Kier alpha value is -1.48. The Bertz CT molecular complexity index is 573. The molecule has 1 heterocycles. The lowest BCUT2D eigenvalue weighted by molar-refractivity contribution is 0.712. The van der Waals surface area contributed by atoms with E-state index < -0.39 is 0 Å². The van der Waals surface area contributed by atoms with Crippen LogP contribution in [0.15, 0.2) is 24.4 Å². The number of benzene rings is 1. The zero-order valence-electron chi connectivity index (χ0n) is 11.9. The van der Waals surface area contributed by atoms with Crippen LogP contribution in [-0.2, 0) is 13.6 Å². The predicted octanol–water partition coefficient (Wildman–Crippen LogP) is 4.12. The zero-order chi connectivity index (χ0) is 14.0. The summed E-state index contributed by atoms with van der Waals surface area (Å²) in [6.07, 6.45) is 2.07. The Morgan fingerprint density at radius 3 is 2.79 bits per heavy atom. The predicted molar refractivity (Wildman–Crippen MR) is 80.8 cm³/mol. The molecule has 0 atom stereocenters. The summed E-state index contributed by atoms with van der Waals surface area (Å²) in [5.41, 5.74) is 4.65. The molecular weight excluding hydrogens is 258 g/mol. The van der Waals surface area contributed by atoms with Crippen LogP contribution in [0.4, 0.5) is 5.69 Å². The molecule has 2 aromatic rings. The number of aryl methyl sites for hydroxylation is 2. The fourth-order valence-electron chi connectivity index (χ4n) is 2.15. The average molecular weight is 278 g/mol. The van der Waals surface area contributed by atoms with Crippen molar-refractivity contribution in [3.63, 3.8) is 0 Å². The normalized spacial score (nSPS) is 11.1. The van der Waals surface area contributed by atoms with Crippen LogP contribution in [-0.4, -0.2) is 9.78 Å². The van der Waals surface area contributed by atoms with Gasteiger partial charge in [-0.05, 0) is 30.5 Å². The van der Waals surface area contributed by atoms with Crippen molar-refractivity contribution in [3.05, 3.63) is 46.2 Å². The molecule has 1 aromatic carbocycles. The maximum Gasteiger partial charge on any atom is 0.0699 e. The van der Waals surface area contributed by atoms with Gasteiger partial charge in [0.1, 0.15) is 0 Å². The van der Waals surface area contributed by atoms with E-state index in [0.717, 1.165) is 22.9 Å². The fourth-order valence-corrected chi connectivity index (χ4v) is 2.32. The van der Waals surface area contributed by atoms with Crippen LogP contribution in [0.1, 0.15) is 36.6 Å². The minimum Gasteiger partial charge on any atom is -0.381 e. The third-order valence-corrected chi connectivity index (χ3v) is 3.39. The first-order chi connectivity index (χ1) is 8.97. The molecule has 0 radical (unpaired) electrons. The van der Waals surface area contributed by atoms with Gasteiger partial charge in [-0.15, -0.1) is 0 Å². The maximum atomic E-state index is 6.03. The lowest BCUT2D eigenvalue weighted by Gasteiger charge is -2.11. The Labute approximate surface area is 119 Å². The van der Waals surface area contributed by atoms with E-state index in [1.54, 1.807) is 0 Å². The first kappa shape index (κ1) is 13.9. The van der Waals surface area contributed by atoms with Crippen molar-refractivity contribution in [2.24, 2.45) is 7.05 Å². The number of nitrogens with zero attached hydrogens (tertiary/aromatic N) is 2. The maximum absolute atomic E-state index is 6.03. The highest BCUT2D eigenvalue weighted by Crippen LogP contribution is 2.22. The van der Waals surface area contributed by atoms with Crippen molar-refractivity contribution < 1.29 is 0 Å². The number of halogens is 1. The van der Waals surface area contributed by atoms with Gasteiger partial charge in [-0.2, -0.15) is 5.10 Å². The van der Waals surface area contributed by atoms with Gasteiger partial charge in [0, 0.05) is 36.1 Å². The van der Waals surface area contributed by atoms with E-state index in [9.17, 15) is 0 Å². The Balaban J connectivity index is 2.16. The molecule has 0 spiro atoms. The summed E-state index contributed by atoms with van der Waals surface area (Å²) in [4.78, 5) is 0. The molecule has 3 nitrogen and oxygen atoms in total. The second-order valence-electron chi connectivity index (χ2n) is 5.18. The molecule has 19 heavy (non-hydrogen) atoms. The molecular formula is C15H20ClN3. The number of nitrogens with one attached hydrogen (secondary N) is 1. The smallest absolute Gasteiger partial charge is 0.0699 e. The first-order valence-corrected chi connectivity index (χ1v) is 6.87. The largest absolute Gasteiger partial charge is 0.381 e. The second-order valence-corrected chi connectivity index (χ2v) is 5.62. The number of rotatable bonds is 4. The fraction of sp³-hybridized carbons (Fsp3) is 0.400. The molecule has 0 aliphatic heterocycles. The molecule has 0 saturated carbocycles. The van der Waals surface area contributed by atoms with Gasteiger partial charge in [0.2, 0.25) is 0 Å². The second kappa shape index (κ2) is 5.66.